The van der Waals surface area contributed by atoms with E-state index in [-0.39, 0.29) is 64.8 Å². The number of hydrogen-bond donors (Lipinski definition) is 4. The zero-order valence-corrected chi connectivity index (χ0v) is 69.5. The van der Waals surface area contributed by atoms with Gasteiger partial charge in [-0.1, -0.05) is 43.7 Å². The molecule has 12 aromatic rings. The predicted molar refractivity (Wildman–Crippen MR) is 426 cm³/mol. The van der Waals surface area contributed by atoms with Crippen LogP contribution in [0.3, 0.4) is 0 Å². The molecule has 0 atom stereocenters. The zero-order valence-electron chi connectivity index (χ0n) is 63.8. The molecule has 6 N–H and O–H groups in total. The fraction of sp³-hybridized carbons (Fsp3) is 0.111. The Balaban J connectivity index is 0.000000240. The van der Waals surface area contributed by atoms with E-state index in [1.165, 1.54) is 54.1 Å². The van der Waals surface area contributed by atoms with Crippen molar-refractivity contribution in [2.24, 2.45) is 71.6 Å². The van der Waals surface area contributed by atoms with Crippen LogP contribution in [0.1, 0.15) is 41.2 Å². The summed E-state index contributed by atoms with van der Waals surface area (Å²) in [6.07, 6.45) is -15.3. The maximum absolute atomic E-state index is 12.6. The second-order valence-electron chi connectivity index (χ2n) is 24.4. The van der Waals surface area contributed by atoms with Crippen LogP contribution in [0.5, 0.6) is 0 Å². The van der Waals surface area contributed by atoms with E-state index >= 15 is 0 Å². The van der Waals surface area contributed by atoms with Crippen molar-refractivity contribution in [3.63, 3.8) is 0 Å². The monoisotopic (exact) mass is 1720 g/mol. The summed E-state index contributed by atoms with van der Waals surface area (Å²) < 4.78 is 212. The Labute approximate surface area is 729 Å². The van der Waals surface area contributed by atoms with Crippen molar-refractivity contribution in [3.8, 4) is 0 Å². The minimum atomic E-state index is -4.40. The predicted octanol–water partition coefficient (Wildman–Crippen LogP) is 21.4. The van der Waals surface area contributed by atoms with E-state index in [1.807, 2.05) is 24.3 Å². The second-order valence-corrected chi connectivity index (χ2v) is 27.2. The molecule has 0 aromatic heterocycles. The van der Waals surface area contributed by atoms with Gasteiger partial charge in [-0.25, -0.2) is 16.8 Å². The molecule has 614 valence electrons. The normalized spacial score (nSPS) is 11.9. The Bertz CT molecular complexity index is 5650. The summed E-state index contributed by atoms with van der Waals surface area (Å²) >= 11 is 0. The molecule has 0 aliphatic rings. The molecule has 0 spiro atoms. The van der Waals surface area contributed by atoms with Crippen LogP contribution in [0.15, 0.2) is 369 Å². The first-order valence-electron chi connectivity index (χ1n) is 34.7. The first-order valence-corrected chi connectivity index (χ1v) is 37.8. The number of nitrogens with two attached hydrogens (primary N) is 2. The van der Waals surface area contributed by atoms with Gasteiger partial charge in [-0.05, 0) is 279 Å². The van der Waals surface area contributed by atoms with E-state index in [0.717, 1.165) is 67.1 Å². The van der Waals surface area contributed by atoms with E-state index in [0.29, 0.717) is 91.0 Å². The molecule has 0 aliphatic carbocycles. The molecule has 0 aliphatic heterocycles. The summed E-state index contributed by atoms with van der Waals surface area (Å²) in [7, 11) is -8.55. The van der Waals surface area contributed by atoms with Crippen LogP contribution in [0, 0.1) is 0 Å². The number of benzene rings is 12. The topological polar surface area (TPSA) is 364 Å². The second kappa shape index (κ2) is 47.1. The van der Waals surface area contributed by atoms with Gasteiger partial charge in [0.05, 0.1) is 102 Å². The number of nitrogen functional groups attached to an aromatic ring is 2. The van der Waals surface area contributed by atoms with Crippen molar-refractivity contribution < 1.29 is 138 Å². The van der Waals surface area contributed by atoms with Gasteiger partial charge in [0.1, 0.15) is 32.0 Å². The standard InChI is InChI=1S/C22H19F3N4.C20H16F3N5O3S.C19H14F3N5.C13H10F3N3.C7H9NO3S.2Na/c1-2-3-16-4-8-18(9-5-16)26-28-20-12-14-21(15-13-20)29-27-19-10-6-17(7-11-19)22(23,24)25;21-20(22,23)14-1-3-16(4-2-14)25-27-18-9-11-19(12-10-18)28-26-17-7-5-15(6-8-17)24-13-32(29,30)31;20-19(21,22)13-1-5-15(6-2-13)24-26-17-9-11-18(12-10-17)27-25-16-7-3-14(23)4-8-16;14-13(15,16)9-1-5-11(6-2-9)18-19-12-7-3-10(17)4-8-12;9-12(10,11)6-8-7-4-2-1-3-5-7;;/h4-15H,2-3H2,1H3;1-12,24H,13H2,(H,29,30,31);1-12H,23H2;1-8H,17H2;1-5,8H,6H2,(H,9,10,11);;/q;;;;;2*+1/p-2. The van der Waals surface area contributed by atoms with Gasteiger partial charge in [-0.2, -0.15) is 124 Å². The van der Waals surface area contributed by atoms with E-state index in [9.17, 15) is 78.6 Å². The molecule has 0 fully saturated rings. The van der Waals surface area contributed by atoms with Gasteiger partial charge >= 0.3 is 83.8 Å². The van der Waals surface area contributed by atoms with Crippen molar-refractivity contribution in [3.05, 3.63) is 325 Å². The van der Waals surface area contributed by atoms with Crippen molar-refractivity contribution >= 4 is 123 Å². The van der Waals surface area contributed by atoms with Crippen LogP contribution < -0.4 is 81.2 Å². The average molecular weight is 1730 g/mol. The molecule has 24 nitrogen and oxygen atoms in total. The Kier molecular flexibility index (Phi) is 38.1. The SMILES string of the molecule is CCCc1ccc(N=Nc2ccc(N=Nc3ccc(C(F)(F)F)cc3)cc2)cc1.Nc1ccc(N=Nc2ccc(C(F)(F)F)cc2)cc1.Nc1ccc(N=Nc2ccc(N=Nc3ccc(C(F)(F)F)cc3)cc2)cc1.O=S(=O)([O-])CNc1ccc(N=Nc2ccc(N=Nc3ccc(C(F)(F)F)cc3)cc2)cc1.O=S(=O)([O-])CNc1ccccc1.[Na+].[Na+]. The third kappa shape index (κ3) is 37.5. The van der Waals surface area contributed by atoms with Gasteiger partial charge in [0.25, 0.3) is 0 Å². The molecule has 121 heavy (non-hydrogen) atoms. The van der Waals surface area contributed by atoms with Gasteiger partial charge in [-0.15, -0.1) is 0 Å². The zero-order chi connectivity index (χ0) is 86.1. The first kappa shape index (κ1) is 97.8. The summed E-state index contributed by atoms with van der Waals surface area (Å²) in [4.78, 5) is 0. The van der Waals surface area contributed by atoms with E-state index in [2.05, 4.69) is 89.2 Å². The molecule has 40 heteroatoms. The molecule has 12 rings (SSSR count). The van der Waals surface area contributed by atoms with Crippen LogP contribution in [-0.4, -0.2) is 37.7 Å². The van der Waals surface area contributed by atoms with Gasteiger partial charge in [0.15, 0.2) is 0 Å². The smallest absolute Gasteiger partial charge is 0.747 e. The third-order valence-electron chi connectivity index (χ3n) is 15.1. The fourth-order valence-electron chi connectivity index (χ4n) is 9.08. The number of aryl methyl sites for hydroxylation is 1. The number of hydrogen-bond acceptors (Lipinski definition) is 24. The molecular weight excluding hydrogens is 1660 g/mol. The van der Waals surface area contributed by atoms with Crippen LogP contribution in [0.4, 0.5) is 155 Å². The molecule has 0 saturated heterocycles. The van der Waals surface area contributed by atoms with Gasteiger partial charge in [0, 0.05) is 22.7 Å². The van der Waals surface area contributed by atoms with Crippen LogP contribution >= 0.6 is 0 Å². The molecule has 0 unspecified atom stereocenters. The maximum atomic E-state index is 12.6. The van der Waals surface area contributed by atoms with Crippen molar-refractivity contribution in [2.75, 3.05) is 33.9 Å². The van der Waals surface area contributed by atoms with E-state index in [1.54, 1.807) is 176 Å². The summed E-state index contributed by atoms with van der Waals surface area (Å²) in [5.74, 6) is -1.28. The van der Waals surface area contributed by atoms with Gasteiger partial charge in [-0.3, -0.25) is 0 Å². The summed E-state index contributed by atoms with van der Waals surface area (Å²) in [5, 5.41) is 61.2. The largest absolute Gasteiger partial charge is 1.00 e. The maximum Gasteiger partial charge on any atom is 1.00 e. The van der Waals surface area contributed by atoms with Crippen LogP contribution in [0.25, 0.3) is 0 Å². The summed E-state index contributed by atoms with van der Waals surface area (Å²) in [5.41, 5.74) is 19.1. The first-order chi connectivity index (χ1) is 56.4. The Morgan fingerprint density at radius 1 is 0.264 bits per heavy atom. The quantitative estimate of drug-likeness (QED) is 0.0163. The molecule has 0 amide bonds. The minimum Gasteiger partial charge on any atom is -0.747 e. The fourth-order valence-corrected chi connectivity index (χ4v) is 9.77. The summed E-state index contributed by atoms with van der Waals surface area (Å²) in [6.45, 7) is 2.14. The number of azo groups is 7. The Morgan fingerprint density at radius 2 is 0.430 bits per heavy atom. The van der Waals surface area contributed by atoms with Gasteiger partial charge < -0.3 is 31.2 Å². The summed E-state index contributed by atoms with van der Waals surface area (Å²) in [6, 6.07) is 74.6. The number of anilines is 4. The van der Waals surface area contributed by atoms with E-state index < -0.39 is 78.9 Å². The molecule has 0 heterocycles. The van der Waals surface area contributed by atoms with Crippen LogP contribution in [-0.2, 0) is 51.4 Å². The molecule has 0 saturated carbocycles. The molecule has 0 bridgehead atoms. The number of nitrogens with zero attached hydrogens (tertiary/aromatic N) is 14. The number of nitrogens with one attached hydrogen (secondary N) is 2. The number of alkyl halides is 12. The van der Waals surface area contributed by atoms with Crippen molar-refractivity contribution in [1.82, 2.24) is 0 Å². The number of halogens is 12. The van der Waals surface area contributed by atoms with E-state index in [4.69, 9.17) is 11.5 Å². The number of para-hydroxylation sites is 1. The molecule has 12 aromatic carbocycles. The van der Waals surface area contributed by atoms with Crippen molar-refractivity contribution in [2.45, 2.75) is 44.5 Å². The van der Waals surface area contributed by atoms with Crippen LogP contribution in [0.2, 0.25) is 0 Å². The minimum absolute atomic E-state index is 0. The molecule has 0 radical (unpaired) electrons. The number of rotatable bonds is 22. The average Bonchev–Trinajstić information content (AvgIpc) is 0.855. The Hall–Kier alpha value is -12.0. The molecular formula is C81H66F12N18Na2O6S2. The van der Waals surface area contributed by atoms with Gasteiger partial charge in [0.2, 0.25) is 0 Å². The third-order valence-corrected chi connectivity index (χ3v) is 16.1. The Morgan fingerprint density at radius 3 is 0.612 bits per heavy atom. The van der Waals surface area contributed by atoms with Crippen molar-refractivity contribution in [1.29, 1.82) is 0 Å².